The first kappa shape index (κ1) is 21.6. The Morgan fingerprint density at radius 1 is 1.14 bits per heavy atom. The number of nitrogens with one attached hydrogen (secondary N) is 1. The fourth-order valence-corrected chi connectivity index (χ4v) is 5.14. The number of halogens is 1. The van der Waals surface area contributed by atoms with Gasteiger partial charge in [-0.15, -0.1) is 0 Å². The fraction of sp³-hybridized carbons (Fsp3) is 0.381. The Morgan fingerprint density at radius 2 is 1.86 bits per heavy atom. The summed E-state index contributed by atoms with van der Waals surface area (Å²) in [6.07, 6.45) is 2.85. The summed E-state index contributed by atoms with van der Waals surface area (Å²) < 4.78 is 32.7. The maximum absolute atomic E-state index is 12.9. The molecule has 2 aromatic carbocycles. The van der Waals surface area contributed by atoms with E-state index in [1.165, 1.54) is 17.5 Å². The van der Waals surface area contributed by atoms with Crippen LogP contribution >= 0.6 is 11.6 Å². The smallest absolute Gasteiger partial charge is 0.243 e. The molecule has 8 heteroatoms. The van der Waals surface area contributed by atoms with Gasteiger partial charge in [-0.25, -0.2) is 8.42 Å². The lowest BCUT2D eigenvalue weighted by Crippen LogP contribution is -2.35. The number of nitrogens with zero attached hydrogens (tertiary/aromatic N) is 1. The van der Waals surface area contributed by atoms with Crippen LogP contribution in [0.5, 0.6) is 5.75 Å². The summed E-state index contributed by atoms with van der Waals surface area (Å²) in [4.78, 5) is 12.8. The van der Waals surface area contributed by atoms with E-state index in [-0.39, 0.29) is 17.2 Å². The maximum atomic E-state index is 12.9. The van der Waals surface area contributed by atoms with E-state index < -0.39 is 10.0 Å². The molecule has 0 aliphatic carbocycles. The summed E-state index contributed by atoms with van der Waals surface area (Å²) in [5, 5.41) is 3.34. The van der Waals surface area contributed by atoms with Crippen molar-refractivity contribution < 1.29 is 17.9 Å². The molecule has 0 bridgehead atoms. The monoisotopic (exact) mass is 436 g/mol. The van der Waals surface area contributed by atoms with Gasteiger partial charge in [-0.3, -0.25) is 4.79 Å². The second-order valence-corrected chi connectivity index (χ2v) is 9.50. The number of carbonyl (C=O) groups is 1. The summed E-state index contributed by atoms with van der Waals surface area (Å²) in [5.41, 5.74) is 1.93. The number of carbonyl (C=O) groups excluding carboxylic acids is 1. The molecule has 1 N–H and O–H groups in total. The minimum absolute atomic E-state index is 0.0618. The molecule has 0 saturated carbocycles. The van der Waals surface area contributed by atoms with Crippen molar-refractivity contribution in [1.82, 2.24) is 4.31 Å². The number of piperidine rings is 1. The maximum Gasteiger partial charge on any atom is 0.243 e. The quantitative estimate of drug-likeness (QED) is 0.742. The predicted molar refractivity (Wildman–Crippen MR) is 114 cm³/mol. The molecule has 29 heavy (non-hydrogen) atoms. The first-order chi connectivity index (χ1) is 13.8. The molecular formula is C21H25ClN2O4S. The Labute approximate surface area is 176 Å². The number of sulfonamides is 1. The number of aryl methyl sites for hydroxylation is 1. The molecule has 0 spiro atoms. The minimum Gasteiger partial charge on any atom is -0.496 e. The Kier molecular flexibility index (Phi) is 6.82. The van der Waals surface area contributed by atoms with Crippen molar-refractivity contribution in [2.24, 2.45) is 0 Å². The zero-order chi connectivity index (χ0) is 21.0. The van der Waals surface area contributed by atoms with E-state index >= 15 is 0 Å². The van der Waals surface area contributed by atoms with Crippen LogP contribution in [0.1, 0.15) is 30.4 Å². The molecule has 156 valence electrons. The first-order valence-electron chi connectivity index (χ1n) is 9.54. The summed E-state index contributed by atoms with van der Waals surface area (Å²) >= 11 is 6.03. The average Bonchev–Trinajstić information content (AvgIpc) is 2.70. The van der Waals surface area contributed by atoms with Crippen molar-refractivity contribution in [3.63, 3.8) is 0 Å². The standard InChI is InChI=1S/C21H25ClN2O4S/c1-15-6-8-18(29(26,27)24-10-4-3-5-11-24)14-19(15)23-21(25)13-16-12-17(22)7-9-20(16)28-2/h6-9,12,14H,3-5,10-11,13H2,1-2H3,(H,23,25). The predicted octanol–water partition coefficient (Wildman–Crippen LogP) is 4.01. The van der Waals surface area contributed by atoms with Gasteiger partial charge in [0.25, 0.3) is 0 Å². The Hall–Kier alpha value is -2.09. The summed E-state index contributed by atoms with van der Waals surface area (Å²) in [5.74, 6) is 0.295. The molecule has 2 aromatic rings. The number of hydrogen-bond acceptors (Lipinski definition) is 4. The van der Waals surface area contributed by atoms with Crippen LogP contribution in [0.3, 0.4) is 0 Å². The van der Waals surface area contributed by atoms with E-state index in [1.807, 2.05) is 6.92 Å². The summed E-state index contributed by atoms with van der Waals surface area (Å²) in [7, 11) is -2.04. The van der Waals surface area contributed by atoms with Gasteiger partial charge in [0.2, 0.25) is 15.9 Å². The lowest BCUT2D eigenvalue weighted by molar-refractivity contribution is -0.115. The van der Waals surface area contributed by atoms with E-state index in [0.717, 1.165) is 24.8 Å². The third-order valence-corrected chi connectivity index (χ3v) is 7.16. The number of anilines is 1. The molecule has 1 heterocycles. The second-order valence-electron chi connectivity index (χ2n) is 7.12. The van der Waals surface area contributed by atoms with Gasteiger partial charge < -0.3 is 10.1 Å². The highest BCUT2D eigenvalue weighted by Gasteiger charge is 2.26. The molecular weight excluding hydrogens is 412 g/mol. The summed E-state index contributed by atoms with van der Waals surface area (Å²) in [6, 6.07) is 9.93. The van der Waals surface area contributed by atoms with Crippen molar-refractivity contribution in [2.75, 3.05) is 25.5 Å². The van der Waals surface area contributed by atoms with E-state index in [9.17, 15) is 13.2 Å². The normalized spacial score (nSPS) is 15.1. The average molecular weight is 437 g/mol. The van der Waals surface area contributed by atoms with Crippen molar-refractivity contribution >= 4 is 33.2 Å². The van der Waals surface area contributed by atoms with E-state index in [4.69, 9.17) is 16.3 Å². The molecule has 1 fully saturated rings. The van der Waals surface area contributed by atoms with Crippen LogP contribution in [0.15, 0.2) is 41.3 Å². The molecule has 0 radical (unpaired) electrons. The van der Waals surface area contributed by atoms with Crippen LogP contribution in [-0.4, -0.2) is 38.8 Å². The van der Waals surface area contributed by atoms with Crippen LogP contribution in [0.4, 0.5) is 5.69 Å². The summed E-state index contributed by atoms with van der Waals surface area (Å²) in [6.45, 7) is 2.89. The Morgan fingerprint density at radius 3 is 2.55 bits per heavy atom. The SMILES string of the molecule is COc1ccc(Cl)cc1CC(=O)Nc1cc(S(=O)(=O)N2CCCCC2)ccc1C. The third kappa shape index (κ3) is 5.10. The molecule has 1 aliphatic rings. The first-order valence-corrected chi connectivity index (χ1v) is 11.4. The van der Waals surface area contributed by atoms with Gasteiger partial charge in [0.1, 0.15) is 5.75 Å². The fourth-order valence-electron chi connectivity index (χ4n) is 3.40. The molecule has 3 rings (SSSR count). The second kappa shape index (κ2) is 9.15. The van der Waals surface area contributed by atoms with Gasteiger partial charge in [0.05, 0.1) is 18.4 Å². The third-order valence-electron chi connectivity index (χ3n) is 5.03. The Balaban J connectivity index is 1.80. The van der Waals surface area contributed by atoms with E-state index in [1.54, 1.807) is 30.3 Å². The van der Waals surface area contributed by atoms with Gasteiger partial charge >= 0.3 is 0 Å². The van der Waals surface area contributed by atoms with Crippen LogP contribution < -0.4 is 10.1 Å². The van der Waals surface area contributed by atoms with Crippen molar-refractivity contribution in [3.8, 4) is 5.75 Å². The van der Waals surface area contributed by atoms with Crippen LogP contribution in [0.2, 0.25) is 5.02 Å². The molecule has 0 atom stereocenters. The number of hydrogen-bond donors (Lipinski definition) is 1. The molecule has 1 amide bonds. The highest BCUT2D eigenvalue weighted by Crippen LogP contribution is 2.27. The van der Waals surface area contributed by atoms with Crippen molar-refractivity contribution in [3.05, 3.63) is 52.5 Å². The van der Waals surface area contributed by atoms with Crippen molar-refractivity contribution in [2.45, 2.75) is 37.5 Å². The highest BCUT2D eigenvalue weighted by molar-refractivity contribution is 7.89. The number of ether oxygens (including phenoxy) is 1. The Bertz CT molecular complexity index is 1000. The van der Waals surface area contributed by atoms with Gasteiger partial charge in [-0.1, -0.05) is 24.1 Å². The molecule has 6 nitrogen and oxygen atoms in total. The van der Waals surface area contributed by atoms with Crippen LogP contribution in [0, 0.1) is 6.92 Å². The zero-order valence-corrected chi connectivity index (χ0v) is 18.1. The number of benzene rings is 2. The number of rotatable bonds is 6. The van der Waals surface area contributed by atoms with Gasteiger partial charge in [0, 0.05) is 29.4 Å². The molecule has 1 saturated heterocycles. The van der Waals surface area contributed by atoms with Gasteiger partial charge in [-0.2, -0.15) is 4.31 Å². The highest BCUT2D eigenvalue weighted by atomic mass is 35.5. The zero-order valence-electron chi connectivity index (χ0n) is 16.6. The van der Waals surface area contributed by atoms with Crippen molar-refractivity contribution in [1.29, 1.82) is 0 Å². The lowest BCUT2D eigenvalue weighted by atomic mass is 10.1. The number of methoxy groups -OCH3 is 1. The molecule has 0 unspecified atom stereocenters. The lowest BCUT2D eigenvalue weighted by Gasteiger charge is -2.26. The van der Waals surface area contributed by atoms with E-state index in [2.05, 4.69) is 5.32 Å². The van der Waals surface area contributed by atoms with Crippen LogP contribution in [-0.2, 0) is 21.2 Å². The largest absolute Gasteiger partial charge is 0.496 e. The van der Waals surface area contributed by atoms with E-state index in [0.29, 0.717) is 35.1 Å². The molecule has 1 aliphatic heterocycles. The van der Waals surface area contributed by atoms with Gasteiger partial charge in [-0.05, 0) is 55.7 Å². The number of amides is 1. The minimum atomic E-state index is -3.57. The molecule has 0 aromatic heterocycles. The van der Waals surface area contributed by atoms with Crippen LogP contribution in [0.25, 0.3) is 0 Å². The topological polar surface area (TPSA) is 75.7 Å². The van der Waals surface area contributed by atoms with Gasteiger partial charge in [0.15, 0.2) is 0 Å².